The van der Waals surface area contributed by atoms with Gasteiger partial charge in [-0.1, -0.05) is 6.92 Å². The van der Waals surface area contributed by atoms with Gasteiger partial charge in [0.15, 0.2) is 0 Å². The van der Waals surface area contributed by atoms with E-state index in [9.17, 15) is 0 Å². The van der Waals surface area contributed by atoms with Gasteiger partial charge in [0.2, 0.25) is 0 Å². The van der Waals surface area contributed by atoms with Crippen LogP contribution in [0.1, 0.15) is 6.92 Å². The molecule has 2 nitrogen and oxygen atoms in total. The second-order valence-corrected chi connectivity index (χ2v) is 5.25. The summed E-state index contributed by atoms with van der Waals surface area (Å²) in [6, 6.07) is 0. The Bertz CT molecular complexity index is 142. The number of nitrogens with zero attached hydrogens (tertiary/aromatic N) is 1. The van der Waals surface area contributed by atoms with Gasteiger partial charge in [0.05, 0.1) is 13.2 Å². The lowest BCUT2D eigenvalue weighted by Crippen LogP contribution is -2.37. The van der Waals surface area contributed by atoms with Crippen LogP contribution in [0.3, 0.4) is 0 Å². The van der Waals surface area contributed by atoms with Crippen molar-refractivity contribution in [3.05, 3.63) is 0 Å². The van der Waals surface area contributed by atoms with E-state index in [0.29, 0.717) is 5.92 Å². The lowest BCUT2D eigenvalue weighted by molar-refractivity contribution is 0.0410. The Morgan fingerprint density at radius 3 is 2.79 bits per heavy atom. The number of morpholine rings is 1. The summed E-state index contributed by atoms with van der Waals surface area (Å²) < 4.78 is 5.30. The molecule has 1 fully saturated rings. The maximum Gasteiger partial charge on any atom is 0.0594 e. The summed E-state index contributed by atoms with van der Waals surface area (Å²) in [5, 5.41) is 0. The number of hydrogen-bond acceptors (Lipinski definition) is 3. The topological polar surface area (TPSA) is 12.5 Å². The normalized spacial score (nSPS) is 21.0. The largest absolute Gasteiger partial charge is 0.379 e. The van der Waals surface area contributed by atoms with Crippen molar-refractivity contribution in [1.29, 1.82) is 0 Å². The standard InChI is InChI=1S/C10H20ClNOS/c1-10(8-11)9-14-7-4-12-2-5-13-6-3-12/h10H,2-9H2,1H3. The summed E-state index contributed by atoms with van der Waals surface area (Å²) >= 11 is 7.75. The smallest absolute Gasteiger partial charge is 0.0594 e. The fourth-order valence-electron chi connectivity index (χ4n) is 1.35. The molecular weight excluding hydrogens is 218 g/mol. The molecule has 0 bridgehead atoms. The summed E-state index contributed by atoms with van der Waals surface area (Å²) in [5.41, 5.74) is 0. The average Bonchev–Trinajstić information content (AvgIpc) is 2.25. The molecule has 0 spiro atoms. The first-order chi connectivity index (χ1) is 6.83. The Morgan fingerprint density at radius 2 is 2.14 bits per heavy atom. The SMILES string of the molecule is CC(CCl)CSCCN1CCOCC1. The van der Waals surface area contributed by atoms with E-state index in [-0.39, 0.29) is 0 Å². The van der Waals surface area contributed by atoms with E-state index in [1.807, 2.05) is 11.8 Å². The zero-order chi connectivity index (χ0) is 10.2. The van der Waals surface area contributed by atoms with E-state index in [0.717, 1.165) is 32.2 Å². The molecule has 0 radical (unpaired) electrons. The van der Waals surface area contributed by atoms with Gasteiger partial charge in [-0.05, 0) is 11.7 Å². The predicted octanol–water partition coefficient (Wildman–Crippen LogP) is 1.93. The molecule has 84 valence electrons. The maximum absolute atomic E-state index is 5.74. The lowest BCUT2D eigenvalue weighted by atomic mass is 10.3. The number of ether oxygens (including phenoxy) is 1. The predicted molar refractivity (Wildman–Crippen MR) is 64.5 cm³/mol. The second kappa shape index (κ2) is 7.80. The van der Waals surface area contributed by atoms with Gasteiger partial charge in [-0.2, -0.15) is 11.8 Å². The van der Waals surface area contributed by atoms with Gasteiger partial charge < -0.3 is 4.74 Å². The van der Waals surface area contributed by atoms with Gasteiger partial charge >= 0.3 is 0 Å². The minimum atomic E-state index is 0.645. The molecule has 0 aromatic rings. The quantitative estimate of drug-likeness (QED) is 0.518. The van der Waals surface area contributed by atoms with E-state index in [2.05, 4.69) is 11.8 Å². The molecule has 0 N–H and O–H groups in total. The number of rotatable bonds is 6. The minimum absolute atomic E-state index is 0.645. The lowest BCUT2D eigenvalue weighted by Gasteiger charge is -2.26. The Labute approximate surface area is 96.3 Å². The first kappa shape index (κ1) is 12.6. The summed E-state index contributed by atoms with van der Waals surface area (Å²) in [7, 11) is 0. The Kier molecular flexibility index (Phi) is 7.04. The highest BCUT2D eigenvalue weighted by Gasteiger charge is 2.09. The fourth-order valence-corrected chi connectivity index (χ4v) is 2.66. The van der Waals surface area contributed by atoms with Crippen molar-refractivity contribution in [1.82, 2.24) is 4.90 Å². The van der Waals surface area contributed by atoms with Crippen LogP contribution in [0.4, 0.5) is 0 Å². The van der Waals surface area contributed by atoms with E-state index in [1.165, 1.54) is 18.1 Å². The molecule has 4 heteroatoms. The molecule has 1 atom stereocenters. The molecule has 1 aliphatic rings. The van der Waals surface area contributed by atoms with Crippen LogP contribution in [-0.2, 0) is 4.74 Å². The van der Waals surface area contributed by atoms with Crippen LogP contribution >= 0.6 is 23.4 Å². The van der Waals surface area contributed by atoms with Crippen LogP contribution in [0.25, 0.3) is 0 Å². The van der Waals surface area contributed by atoms with Crippen molar-refractivity contribution >= 4 is 23.4 Å². The highest BCUT2D eigenvalue weighted by molar-refractivity contribution is 7.99. The summed E-state index contributed by atoms with van der Waals surface area (Å²) in [5.74, 6) is 3.84. The van der Waals surface area contributed by atoms with Crippen molar-refractivity contribution in [2.24, 2.45) is 5.92 Å². The summed E-state index contributed by atoms with van der Waals surface area (Å²) in [6.45, 7) is 7.42. The van der Waals surface area contributed by atoms with E-state index in [4.69, 9.17) is 16.3 Å². The van der Waals surface area contributed by atoms with Crippen molar-refractivity contribution in [3.8, 4) is 0 Å². The highest BCUT2D eigenvalue weighted by Crippen LogP contribution is 2.10. The summed E-state index contributed by atoms with van der Waals surface area (Å²) in [6.07, 6.45) is 0. The van der Waals surface area contributed by atoms with E-state index >= 15 is 0 Å². The maximum atomic E-state index is 5.74. The third-order valence-corrected chi connectivity index (χ3v) is 4.12. The molecule has 1 aliphatic heterocycles. The molecule has 0 aliphatic carbocycles. The van der Waals surface area contributed by atoms with Gasteiger partial charge in [-0.25, -0.2) is 0 Å². The van der Waals surface area contributed by atoms with Crippen molar-refractivity contribution in [3.63, 3.8) is 0 Å². The van der Waals surface area contributed by atoms with Crippen molar-refractivity contribution in [2.75, 3.05) is 50.2 Å². The number of halogens is 1. The van der Waals surface area contributed by atoms with E-state index < -0.39 is 0 Å². The van der Waals surface area contributed by atoms with Crippen molar-refractivity contribution in [2.45, 2.75) is 6.92 Å². The van der Waals surface area contributed by atoms with Gasteiger partial charge in [0.1, 0.15) is 0 Å². The van der Waals surface area contributed by atoms with Crippen LogP contribution in [0.2, 0.25) is 0 Å². The molecule has 1 rings (SSSR count). The number of thioether (sulfide) groups is 1. The van der Waals surface area contributed by atoms with Gasteiger partial charge in [0.25, 0.3) is 0 Å². The Hall–Kier alpha value is 0.560. The molecule has 0 amide bonds. The molecule has 14 heavy (non-hydrogen) atoms. The van der Waals surface area contributed by atoms with Gasteiger partial charge in [-0.15, -0.1) is 11.6 Å². The third kappa shape index (κ3) is 5.44. The Balaban J connectivity index is 1.92. The summed E-state index contributed by atoms with van der Waals surface area (Å²) in [4.78, 5) is 2.47. The first-order valence-electron chi connectivity index (χ1n) is 5.26. The molecule has 0 saturated carbocycles. The van der Waals surface area contributed by atoms with Crippen LogP contribution < -0.4 is 0 Å². The third-order valence-electron chi connectivity index (χ3n) is 2.32. The van der Waals surface area contributed by atoms with Gasteiger partial charge in [0, 0.05) is 31.3 Å². The van der Waals surface area contributed by atoms with Gasteiger partial charge in [-0.3, -0.25) is 4.90 Å². The van der Waals surface area contributed by atoms with Crippen molar-refractivity contribution < 1.29 is 4.74 Å². The first-order valence-corrected chi connectivity index (χ1v) is 6.95. The number of alkyl halides is 1. The number of hydrogen-bond donors (Lipinski definition) is 0. The monoisotopic (exact) mass is 237 g/mol. The molecular formula is C10H20ClNOS. The highest BCUT2D eigenvalue weighted by atomic mass is 35.5. The molecule has 0 aromatic carbocycles. The fraction of sp³-hybridized carbons (Fsp3) is 1.00. The zero-order valence-electron chi connectivity index (χ0n) is 8.88. The Morgan fingerprint density at radius 1 is 1.43 bits per heavy atom. The molecule has 1 heterocycles. The minimum Gasteiger partial charge on any atom is -0.379 e. The molecule has 1 saturated heterocycles. The van der Waals surface area contributed by atoms with Crippen LogP contribution in [-0.4, -0.2) is 55.1 Å². The van der Waals surface area contributed by atoms with Crippen LogP contribution in [0.5, 0.6) is 0 Å². The zero-order valence-corrected chi connectivity index (χ0v) is 10.4. The van der Waals surface area contributed by atoms with E-state index in [1.54, 1.807) is 0 Å². The van der Waals surface area contributed by atoms with Crippen LogP contribution in [0.15, 0.2) is 0 Å². The molecule has 1 unspecified atom stereocenters. The van der Waals surface area contributed by atoms with Crippen LogP contribution in [0, 0.1) is 5.92 Å². The second-order valence-electron chi connectivity index (χ2n) is 3.79. The molecule has 0 aromatic heterocycles. The average molecular weight is 238 g/mol.